The molecule has 0 aliphatic carbocycles. The molecule has 2 heterocycles. The molecule has 0 fully saturated rings. The molecule has 7 heteroatoms. The Labute approximate surface area is 113 Å². The van der Waals surface area contributed by atoms with Crippen LogP contribution >= 0.6 is 0 Å². The molecule has 0 N–H and O–H groups in total. The number of para-hydroxylation sites is 1. The van der Waals surface area contributed by atoms with Crippen LogP contribution in [0.25, 0.3) is 11.0 Å². The number of hydrogen-bond acceptors (Lipinski definition) is 7. The van der Waals surface area contributed by atoms with Crippen molar-refractivity contribution in [1.29, 1.82) is 0 Å². The van der Waals surface area contributed by atoms with Crippen LogP contribution in [0.1, 0.15) is 29.1 Å². The molecule has 3 rings (SSSR count). The van der Waals surface area contributed by atoms with Crippen LogP contribution in [0.2, 0.25) is 0 Å². The van der Waals surface area contributed by atoms with Crippen LogP contribution in [0.5, 0.6) is 0 Å². The number of benzene rings is 1. The zero-order valence-electron chi connectivity index (χ0n) is 10.7. The molecule has 0 saturated carbocycles. The van der Waals surface area contributed by atoms with Crippen molar-refractivity contribution in [3.05, 3.63) is 41.7 Å². The minimum atomic E-state index is -0.604. The number of esters is 1. The first-order chi connectivity index (χ1) is 9.78. The van der Waals surface area contributed by atoms with Gasteiger partial charge in [0.1, 0.15) is 5.69 Å². The molecular formula is C13H11N3O4. The monoisotopic (exact) mass is 273 g/mol. The number of aromatic nitrogens is 3. The summed E-state index contributed by atoms with van der Waals surface area (Å²) < 4.78 is 15.0. The molecule has 102 valence electrons. The van der Waals surface area contributed by atoms with Crippen molar-refractivity contribution < 1.29 is 18.6 Å². The van der Waals surface area contributed by atoms with Crippen LogP contribution in [0, 0.1) is 0 Å². The number of hydrogen-bond donors (Lipinski definition) is 0. The third kappa shape index (κ3) is 2.25. The summed E-state index contributed by atoms with van der Waals surface area (Å²) in [5, 5.41) is 8.42. The second-order valence-electron chi connectivity index (χ2n) is 4.03. The number of rotatable bonds is 4. The molecule has 0 saturated heterocycles. The minimum absolute atomic E-state index is 0.0883. The zero-order valence-corrected chi connectivity index (χ0v) is 10.7. The van der Waals surface area contributed by atoms with E-state index in [1.807, 2.05) is 24.3 Å². The molecule has 0 aliphatic heterocycles. The molecule has 0 unspecified atom stereocenters. The normalized spacial score (nSPS) is 10.8. The van der Waals surface area contributed by atoms with Gasteiger partial charge in [-0.15, -0.1) is 0 Å². The van der Waals surface area contributed by atoms with E-state index in [-0.39, 0.29) is 18.3 Å². The van der Waals surface area contributed by atoms with E-state index in [1.54, 1.807) is 6.92 Å². The van der Waals surface area contributed by atoms with Gasteiger partial charge in [-0.2, -0.15) is 4.98 Å². The molecule has 7 nitrogen and oxygen atoms in total. The van der Waals surface area contributed by atoms with E-state index in [0.717, 1.165) is 5.39 Å². The number of carbonyl (C=O) groups excluding carboxylic acids is 1. The fraction of sp³-hybridized carbons (Fsp3) is 0.231. The lowest BCUT2D eigenvalue weighted by Gasteiger charge is -1.93. The Morgan fingerprint density at radius 3 is 2.95 bits per heavy atom. The van der Waals surface area contributed by atoms with E-state index in [1.165, 1.54) is 0 Å². The lowest BCUT2D eigenvalue weighted by Crippen LogP contribution is -2.06. The summed E-state index contributed by atoms with van der Waals surface area (Å²) >= 11 is 0. The number of fused-ring (bicyclic) bond motifs is 1. The van der Waals surface area contributed by atoms with Crippen LogP contribution in [-0.2, 0) is 11.2 Å². The Balaban J connectivity index is 1.83. The van der Waals surface area contributed by atoms with Gasteiger partial charge < -0.3 is 13.8 Å². The molecule has 20 heavy (non-hydrogen) atoms. The van der Waals surface area contributed by atoms with Crippen molar-refractivity contribution in [2.75, 3.05) is 6.61 Å². The summed E-state index contributed by atoms with van der Waals surface area (Å²) in [7, 11) is 0. The number of ether oxygens (including phenoxy) is 1. The van der Waals surface area contributed by atoms with Gasteiger partial charge >= 0.3 is 5.97 Å². The Hall–Kier alpha value is -2.70. The fourth-order valence-corrected chi connectivity index (χ4v) is 1.81. The van der Waals surface area contributed by atoms with E-state index in [2.05, 4.69) is 15.3 Å². The minimum Gasteiger partial charge on any atom is -0.460 e. The maximum atomic E-state index is 11.4. The SMILES string of the molecule is CCOC(=O)c1noc(Cc2noc3ccccc23)n1. The van der Waals surface area contributed by atoms with Crippen molar-refractivity contribution in [2.45, 2.75) is 13.3 Å². The van der Waals surface area contributed by atoms with Gasteiger partial charge in [0.2, 0.25) is 5.89 Å². The fourth-order valence-electron chi connectivity index (χ4n) is 1.81. The first-order valence-corrected chi connectivity index (χ1v) is 6.11. The van der Waals surface area contributed by atoms with Gasteiger partial charge in [0.15, 0.2) is 5.58 Å². The summed E-state index contributed by atoms with van der Waals surface area (Å²) in [6, 6.07) is 7.47. The van der Waals surface area contributed by atoms with Crippen LogP contribution in [0.4, 0.5) is 0 Å². The first kappa shape index (κ1) is 12.3. The van der Waals surface area contributed by atoms with E-state index < -0.39 is 5.97 Å². The maximum Gasteiger partial charge on any atom is 0.379 e. The Kier molecular flexibility index (Phi) is 3.16. The summed E-state index contributed by atoms with van der Waals surface area (Å²) in [4.78, 5) is 15.4. The second-order valence-corrected chi connectivity index (χ2v) is 4.03. The average molecular weight is 273 g/mol. The highest BCUT2D eigenvalue weighted by Crippen LogP contribution is 2.19. The third-order valence-electron chi connectivity index (χ3n) is 2.70. The molecule has 0 atom stereocenters. The highest BCUT2D eigenvalue weighted by Gasteiger charge is 2.17. The predicted molar refractivity (Wildman–Crippen MR) is 67.1 cm³/mol. The largest absolute Gasteiger partial charge is 0.460 e. The number of nitrogens with zero attached hydrogens (tertiary/aromatic N) is 3. The third-order valence-corrected chi connectivity index (χ3v) is 2.70. The van der Waals surface area contributed by atoms with E-state index >= 15 is 0 Å². The van der Waals surface area contributed by atoms with Gasteiger partial charge in [0, 0.05) is 5.39 Å². The van der Waals surface area contributed by atoms with Gasteiger partial charge in [-0.05, 0) is 24.2 Å². The summed E-state index contributed by atoms with van der Waals surface area (Å²) in [5.41, 5.74) is 1.37. The average Bonchev–Trinajstić information content (AvgIpc) is 3.08. The number of carbonyl (C=O) groups is 1. The topological polar surface area (TPSA) is 91.2 Å². The molecule has 0 aliphatic rings. The van der Waals surface area contributed by atoms with Gasteiger partial charge in [-0.25, -0.2) is 4.79 Å². The lowest BCUT2D eigenvalue weighted by atomic mass is 10.2. The van der Waals surface area contributed by atoms with Crippen LogP contribution in [-0.4, -0.2) is 27.9 Å². The van der Waals surface area contributed by atoms with Crippen molar-refractivity contribution in [2.24, 2.45) is 0 Å². The van der Waals surface area contributed by atoms with Crippen LogP contribution in [0.3, 0.4) is 0 Å². The van der Waals surface area contributed by atoms with Gasteiger partial charge in [-0.3, -0.25) is 0 Å². The summed E-state index contributed by atoms with van der Waals surface area (Å²) in [6.07, 6.45) is 0.295. The van der Waals surface area contributed by atoms with E-state index in [0.29, 0.717) is 17.7 Å². The molecule has 0 amide bonds. The van der Waals surface area contributed by atoms with Crippen molar-refractivity contribution in [3.63, 3.8) is 0 Å². The quantitative estimate of drug-likeness (QED) is 0.671. The van der Waals surface area contributed by atoms with Crippen molar-refractivity contribution in [1.82, 2.24) is 15.3 Å². The van der Waals surface area contributed by atoms with E-state index in [4.69, 9.17) is 13.8 Å². The Morgan fingerprint density at radius 1 is 1.25 bits per heavy atom. The van der Waals surface area contributed by atoms with Gasteiger partial charge in [-0.1, -0.05) is 17.3 Å². The molecule has 3 aromatic rings. The smallest absolute Gasteiger partial charge is 0.379 e. The Bertz CT molecular complexity index is 747. The molecule has 0 bridgehead atoms. The molecule has 0 radical (unpaired) electrons. The van der Waals surface area contributed by atoms with Crippen LogP contribution in [0.15, 0.2) is 33.3 Å². The van der Waals surface area contributed by atoms with Gasteiger partial charge in [0.25, 0.3) is 5.82 Å². The molecule has 1 aromatic carbocycles. The highest BCUT2D eigenvalue weighted by molar-refractivity contribution is 5.84. The molecular weight excluding hydrogens is 262 g/mol. The molecule has 2 aromatic heterocycles. The Morgan fingerprint density at radius 2 is 2.10 bits per heavy atom. The predicted octanol–water partition coefficient (Wildman–Crippen LogP) is 1.98. The molecule has 0 spiro atoms. The van der Waals surface area contributed by atoms with Crippen molar-refractivity contribution >= 4 is 16.9 Å². The van der Waals surface area contributed by atoms with Gasteiger partial charge in [0.05, 0.1) is 13.0 Å². The highest BCUT2D eigenvalue weighted by atomic mass is 16.5. The summed E-state index contributed by atoms with van der Waals surface area (Å²) in [6.45, 7) is 1.97. The zero-order chi connectivity index (χ0) is 13.9. The maximum absolute atomic E-state index is 11.4. The van der Waals surface area contributed by atoms with Crippen molar-refractivity contribution in [3.8, 4) is 0 Å². The standard InChI is InChI=1S/C13H11N3O4/c1-2-18-13(17)12-14-11(20-16-12)7-9-8-5-3-4-6-10(8)19-15-9/h3-6H,2,7H2,1H3. The lowest BCUT2D eigenvalue weighted by molar-refractivity contribution is 0.0508. The van der Waals surface area contributed by atoms with E-state index in [9.17, 15) is 4.79 Å². The summed E-state index contributed by atoms with van der Waals surface area (Å²) in [5.74, 6) is -0.408. The second kappa shape index (κ2) is 5.12. The van der Waals surface area contributed by atoms with Crippen LogP contribution < -0.4 is 0 Å². The first-order valence-electron chi connectivity index (χ1n) is 6.11.